The Morgan fingerprint density at radius 1 is 1.14 bits per heavy atom. The van der Waals surface area contributed by atoms with Crippen LogP contribution in [0.3, 0.4) is 0 Å². The van der Waals surface area contributed by atoms with Crippen molar-refractivity contribution in [2.24, 2.45) is 17.8 Å². The molecule has 2 bridgehead atoms. The van der Waals surface area contributed by atoms with Gasteiger partial charge in [0.1, 0.15) is 35.9 Å². The quantitative estimate of drug-likeness (QED) is 0.206. The molecule has 5 rings (SSSR count). The van der Waals surface area contributed by atoms with Gasteiger partial charge in [0, 0.05) is 31.6 Å². The molecule has 44 heavy (non-hydrogen) atoms. The van der Waals surface area contributed by atoms with Gasteiger partial charge >= 0.3 is 11.9 Å². The summed E-state index contributed by atoms with van der Waals surface area (Å²) in [6, 6.07) is 0. The van der Waals surface area contributed by atoms with Crippen LogP contribution in [-0.2, 0) is 28.5 Å². The fourth-order valence-corrected chi connectivity index (χ4v) is 6.25. The molecule has 0 aromatic carbocycles. The molecule has 4 aliphatic heterocycles. The molecule has 3 saturated heterocycles. The molecule has 1 aromatic heterocycles. The number of epoxide rings is 2. The van der Waals surface area contributed by atoms with Gasteiger partial charge in [-0.25, -0.2) is 9.78 Å². The van der Waals surface area contributed by atoms with Gasteiger partial charge in [-0.2, -0.15) is 0 Å². The van der Waals surface area contributed by atoms with Gasteiger partial charge in [-0.1, -0.05) is 44.2 Å². The lowest BCUT2D eigenvalue weighted by Crippen LogP contribution is -2.41. The van der Waals surface area contributed by atoms with Crippen molar-refractivity contribution in [3.05, 3.63) is 59.4 Å². The van der Waals surface area contributed by atoms with E-state index in [1.165, 1.54) is 0 Å². The van der Waals surface area contributed by atoms with E-state index in [2.05, 4.69) is 4.98 Å². The molecule has 3 fully saturated rings. The number of esters is 2. The molecular weight excluding hydrogens is 566 g/mol. The number of allylic oxidation sites excluding steroid dienone is 4. The number of nitrogens with zero attached hydrogens (tertiary/aromatic N) is 1. The second kappa shape index (κ2) is 13.1. The van der Waals surface area contributed by atoms with E-state index < -0.39 is 41.9 Å². The van der Waals surface area contributed by atoms with Crippen LogP contribution in [0.25, 0.3) is 6.08 Å². The van der Waals surface area contributed by atoms with Crippen molar-refractivity contribution in [3.63, 3.8) is 0 Å². The third-order valence-corrected chi connectivity index (χ3v) is 9.42. The summed E-state index contributed by atoms with van der Waals surface area (Å²) in [6.45, 7) is 11.2. The molecule has 10 nitrogen and oxygen atoms in total. The normalized spacial score (nSPS) is 38.6. The number of fused-ring (bicyclic) bond motifs is 4. The summed E-state index contributed by atoms with van der Waals surface area (Å²) in [5.41, 5.74) is 1.49. The fourth-order valence-electron chi connectivity index (χ4n) is 6.25. The highest BCUT2D eigenvalue weighted by molar-refractivity contribution is 5.78. The maximum Gasteiger partial charge on any atom is 0.338 e. The Morgan fingerprint density at radius 3 is 2.61 bits per heavy atom. The number of aliphatic hydroxyl groups excluding tert-OH is 2. The van der Waals surface area contributed by atoms with Gasteiger partial charge in [-0.05, 0) is 56.8 Å². The Labute approximate surface area is 258 Å². The Balaban J connectivity index is 1.30. The predicted octanol–water partition coefficient (Wildman–Crippen LogP) is 4.39. The van der Waals surface area contributed by atoms with Crippen LogP contribution in [0.5, 0.6) is 0 Å². The molecule has 0 spiro atoms. The lowest BCUT2D eigenvalue weighted by Gasteiger charge is -2.32. The van der Waals surface area contributed by atoms with Crippen LogP contribution < -0.4 is 0 Å². The highest BCUT2D eigenvalue weighted by Crippen LogP contribution is 2.44. The number of rotatable bonds is 6. The number of aromatic nitrogens is 1. The van der Waals surface area contributed by atoms with Crippen molar-refractivity contribution < 1.29 is 43.2 Å². The van der Waals surface area contributed by atoms with Crippen LogP contribution in [0, 0.1) is 24.7 Å². The SMILES string of the molecule is CC(/C=C/C=C(\C)[C@H](O)[C@@H](C)C1C[C@H](O)[C@]2(C)O[C@@H]2/C=C/[C@@H](C)[C@H]2C[C@H](CC(=O)O2)C[C@@H]2O[C@H]2C(=O)O1)=C\c1coc(C)n1. The zero-order valence-electron chi connectivity index (χ0n) is 26.3. The van der Waals surface area contributed by atoms with Crippen LogP contribution in [0.1, 0.15) is 71.9 Å². The summed E-state index contributed by atoms with van der Waals surface area (Å²) in [5.74, 6) is -0.684. The molecule has 1 unspecified atom stereocenters. The van der Waals surface area contributed by atoms with E-state index in [-0.39, 0.29) is 42.5 Å². The number of cyclic esters (lactones) is 1. The van der Waals surface area contributed by atoms with Gasteiger partial charge in [-0.3, -0.25) is 4.79 Å². The van der Waals surface area contributed by atoms with Gasteiger partial charge in [0.25, 0.3) is 0 Å². The van der Waals surface area contributed by atoms with Crippen molar-refractivity contribution >= 4 is 18.0 Å². The summed E-state index contributed by atoms with van der Waals surface area (Å²) in [5, 5.41) is 22.6. The Kier molecular flexibility index (Phi) is 9.65. The topological polar surface area (TPSA) is 144 Å². The molecule has 4 aliphatic rings. The number of aryl methyl sites for hydroxylation is 1. The molecule has 240 valence electrons. The molecule has 2 N–H and O–H groups in total. The smallest absolute Gasteiger partial charge is 0.338 e. The van der Waals surface area contributed by atoms with Crippen molar-refractivity contribution in [1.29, 1.82) is 0 Å². The highest BCUT2D eigenvalue weighted by Gasteiger charge is 2.57. The van der Waals surface area contributed by atoms with E-state index in [0.29, 0.717) is 30.7 Å². The van der Waals surface area contributed by atoms with Crippen LogP contribution >= 0.6 is 0 Å². The third-order valence-electron chi connectivity index (χ3n) is 9.42. The molecule has 5 heterocycles. The van der Waals surface area contributed by atoms with Crippen LogP contribution in [0.15, 0.2) is 52.2 Å². The molecule has 0 radical (unpaired) electrons. The number of carbonyl (C=O) groups is 2. The summed E-state index contributed by atoms with van der Waals surface area (Å²) in [4.78, 5) is 29.9. The standard InChI is InChI=1S/C34H45NO9/c1-18(12-24-17-40-22(5)35-24)8-7-9-20(3)31(38)21(4)26-16-28(36)34(6)29(44-34)11-10-19(2)25-13-23(15-30(37)41-25)14-27-32(42-27)33(39)43-26/h7-12,17,19,21,23,25-29,31-32,36,38H,13-16H2,1-6H3/b8-7+,11-10+,18-12+,20-9+/t19-,21+,23+,25-,26?,27+,28+,29-,31+,32-,34+/m1/s1. The van der Waals surface area contributed by atoms with Crippen molar-refractivity contribution in [1.82, 2.24) is 4.98 Å². The number of aliphatic hydroxyl groups is 2. The van der Waals surface area contributed by atoms with E-state index in [9.17, 15) is 19.8 Å². The van der Waals surface area contributed by atoms with Crippen LogP contribution in [0.2, 0.25) is 0 Å². The minimum absolute atomic E-state index is 0.0290. The Morgan fingerprint density at radius 2 is 1.89 bits per heavy atom. The second-order valence-corrected chi connectivity index (χ2v) is 13.1. The van der Waals surface area contributed by atoms with Gasteiger partial charge < -0.3 is 33.6 Å². The zero-order valence-corrected chi connectivity index (χ0v) is 26.3. The van der Waals surface area contributed by atoms with E-state index in [4.69, 9.17) is 23.4 Å². The van der Waals surface area contributed by atoms with E-state index in [0.717, 1.165) is 11.3 Å². The predicted molar refractivity (Wildman–Crippen MR) is 161 cm³/mol. The third kappa shape index (κ3) is 7.59. The van der Waals surface area contributed by atoms with Gasteiger partial charge in [-0.15, -0.1) is 0 Å². The molecule has 0 aliphatic carbocycles. The summed E-state index contributed by atoms with van der Waals surface area (Å²) in [7, 11) is 0. The number of hydrogen-bond acceptors (Lipinski definition) is 10. The maximum atomic E-state index is 13.2. The van der Waals surface area contributed by atoms with Gasteiger partial charge in [0.05, 0.1) is 18.3 Å². The second-order valence-electron chi connectivity index (χ2n) is 13.1. The average molecular weight is 612 g/mol. The first-order valence-electron chi connectivity index (χ1n) is 15.6. The first-order valence-corrected chi connectivity index (χ1v) is 15.6. The van der Waals surface area contributed by atoms with E-state index >= 15 is 0 Å². The largest absolute Gasteiger partial charge is 0.462 e. The Bertz CT molecular complexity index is 1340. The van der Waals surface area contributed by atoms with E-state index in [1.54, 1.807) is 20.1 Å². The molecule has 0 saturated carbocycles. The van der Waals surface area contributed by atoms with Crippen molar-refractivity contribution in [3.8, 4) is 0 Å². The van der Waals surface area contributed by atoms with Crippen molar-refractivity contribution in [2.45, 2.75) is 116 Å². The molecule has 1 aromatic rings. The average Bonchev–Trinajstić information content (AvgIpc) is 3.84. The first-order chi connectivity index (χ1) is 20.8. The molecular formula is C34H45NO9. The Hall–Kier alpha value is -3.05. The minimum Gasteiger partial charge on any atom is -0.462 e. The zero-order chi connectivity index (χ0) is 31.8. The lowest BCUT2D eigenvalue weighted by atomic mass is 9.84. The summed E-state index contributed by atoms with van der Waals surface area (Å²) < 4.78 is 28.5. The first kappa shape index (κ1) is 32.3. The molecule has 11 atom stereocenters. The lowest BCUT2D eigenvalue weighted by molar-refractivity contribution is -0.159. The maximum absolute atomic E-state index is 13.2. The minimum atomic E-state index is -0.960. The molecule has 10 heteroatoms. The van der Waals surface area contributed by atoms with E-state index in [1.807, 2.05) is 64.2 Å². The molecule has 0 amide bonds. The number of hydrogen-bond donors (Lipinski definition) is 2. The van der Waals surface area contributed by atoms with Gasteiger partial charge in [0.15, 0.2) is 12.0 Å². The summed E-state index contributed by atoms with van der Waals surface area (Å²) >= 11 is 0. The summed E-state index contributed by atoms with van der Waals surface area (Å²) in [6.07, 6.45) is 10.2. The van der Waals surface area contributed by atoms with Gasteiger partial charge in [0.2, 0.25) is 0 Å². The van der Waals surface area contributed by atoms with Crippen LogP contribution in [-0.4, -0.2) is 75.5 Å². The monoisotopic (exact) mass is 611 g/mol. The van der Waals surface area contributed by atoms with Crippen LogP contribution in [0.4, 0.5) is 0 Å². The highest BCUT2D eigenvalue weighted by atomic mass is 16.6. The number of oxazole rings is 1. The number of carbonyl (C=O) groups excluding carboxylic acids is 2. The fraction of sp³-hybridized carbons (Fsp3) is 0.618. The number of ether oxygens (including phenoxy) is 4. The van der Waals surface area contributed by atoms with Crippen molar-refractivity contribution in [2.75, 3.05) is 0 Å².